The van der Waals surface area contributed by atoms with Crippen LogP contribution in [0.15, 0.2) is 12.1 Å². The summed E-state index contributed by atoms with van der Waals surface area (Å²) in [7, 11) is 1.92. The Bertz CT molecular complexity index is 443. The van der Waals surface area contributed by atoms with Crippen molar-refractivity contribution in [3.8, 4) is 17.2 Å². The molecule has 0 aromatic heterocycles. The van der Waals surface area contributed by atoms with Crippen LogP contribution in [-0.4, -0.2) is 33.7 Å². The zero-order chi connectivity index (χ0) is 13.1. The van der Waals surface area contributed by atoms with Crippen LogP contribution in [-0.2, 0) is 11.3 Å². The molecule has 1 aromatic rings. The molecule has 1 unspecified atom stereocenters. The first-order valence-electron chi connectivity index (χ1n) is 6.64. The summed E-state index contributed by atoms with van der Waals surface area (Å²) in [4.78, 5) is 0. The van der Waals surface area contributed by atoms with Crippen molar-refractivity contribution in [2.45, 2.75) is 13.0 Å². The second-order valence-electron chi connectivity index (χ2n) is 4.88. The van der Waals surface area contributed by atoms with Crippen molar-refractivity contribution >= 4 is 0 Å². The maximum atomic E-state index is 5.94. The third-order valence-corrected chi connectivity index (χ3v) is 3.42. The van der Waals surface area contributed by atoms with E-state index in [1.165, 1.54) is 0 Å². The van der Waals surface area contributed by atoms with E-state index in [1.807, 2.05) is 19.2 Å². The predicted octanol–water partition coefficient (Wildman–Crippen LogP) is 1.55. The van der Waals surface area contributed by atoms with Crippen LogP contribution in [0.5, 0.6) is 17.2 Å². The number of nitrogens with one attached hydrogen (secondary N) is 1. The Balaban J connectivity index is 1.73. The minimum atomic E-state index is 0.286. The highest BCUT2D eigenvalue weighted by Gasteiger charge is 2.20. The lowest BCUT2D eigenvalue weighted by atomic mass is 10.1. The van der Waals surface area contributed by atoms with Gasteiger partial charge in [0.15, 0.2) is 11.5 Å². The normalized spacial score (nSPS) is 20.8. The smallest absolute Gasteiger partial charge is 0.231 e. The van der Waals surface area contributed by atoms with Gasteiger partial charge in [0.05, 0.1) is 13.2 Å². The number of hydrogen-bond donors (Lipinski definition) is 1. The van der Waals surface area contributed by atoms with Crippen LogP contribution in [0.4, 0.5) is 0 Å². The summed E-state index contributed by atoms with van der Waals surface area (Å²) in [5.74, 6) is 2.91. The van der Waals surface area contributed by atoms with Gasteiger partial charge in [-0.25, -0.2) is 0 Å². The van der Waals surface area contributed by atoms with Gasteiger partial charge in [0.25, 0.3) is 0 Å². The maximum Gasteiger partial charge on any atom is 0.231 e. The average Bonchev–Trinajstić information content (AvgIpc) is 3.07. The summed E-state index contributed by atoms with van der Waals surface area (Å²) in [6.45, 7) is 3.36. The van der Waals surface area contributed by atoms with Crippen molar-refractivity contribution in [3.63, 3.8) is 0 Å². The van der Waals surface area contributed by atoms with Crippen LogP contribution in [0.25, 0.3) is 0 Å². The van der Waals surface area contributed by atoms with E-state index in [4.69, 9.17) is 18.9 Å². The molecule has 0 saturated carbocycles. The molecule has 1 saturated heterocycles. The number of fused-ring (bicyclic) bond motifs is 1. The highest BCUT2D eigenvalue weighted by molar-refractivity contribution is 5.51. The molecule has 1 N–H and O–H groups in total. The molecule has 0 spiro atoms. The molecule has 1 atom stereocenters. The summed E-state index contributed by atoms with van der Waals surface area (Å²) in [5, 5.41) is 3.14. The fourth-order valence-corrected chi connectivity index (χ4v) is 2.35. The number of hydrogen-bond acceptors (Lipinski definition) is 5. The zero-order valence-electron chi connectivity index (χ0n) is 11.1. The highest BCUT2D eigenvalue weighted by Crippen LogP contribution is 2.38. The molecule has 3 rings (SSSR count). The van der Waals surface area contributed by atoms with E-state index in [0.29, 0.717) is 12.5 Å². The largest absolute Gasteiger partial charge is 0.493 e. The van der Waals surface area contributed by atoms with E-state index in [2.05, 4.69) is 5.32 Å². The van der Waals surface area contributed by atoms with Gasteiger partial charge in [-0.2, -0.15) is 0 Å². The van der Waals surface area contributed by atoms with Crippen LogP contribution < -0.4 is 19.5 Å². The molecular weight excluding hydrogens is 246 g/mol. The van der Waals surface area contributed by atoms with Crippen molar-refractivity contribution in [1.82, 2.24) is 5.32 Å². The Morgan fingerprint density at radius 2 is 2.16 bits per heavy atom. The molecule has 2 aliphatic heterocycles. The number of ether oxygens (including phenoxy) is 4. The lowest BCUT2D eigenvalue weighted by Crippen LogP contribution is -2.14. The second-order valence-corrected chi connectivity index (χ2v) is 4.88. The fraction of sp³-hybridized carbons (Fsp3) is 0.571. The van der Waals surface area contributed by atoms with E-state index in [0.717, 1.165) is 49.0 Å². The van der Waals surface area contributed by atoms with Crippen molar-refractivity contribution in [1.29, 1.82) is 0 Å². The van der Waals surface area contributed by atoms with E-state index < -0.39 is 0 Å². The number of benzene rings is 1. The topological polar surface area (TPSA) is 49.0 Å². The first kappa shape index (κ1) is 12.6. The molecule has 0 aliphatic carbocycles. The standard InChI is InChI=1S/C14H19NO4/c1-15-6-11-4-13-14(19-9-18-13)5-12(11)17-8-10-2-3-16-7-10/h4-5,10,15H,2-3,6-9H2,1H3. The first-order chi connectivity index (χ1) is 9.36. The van der Waals surface area contributed by atoms with Gasteiger partial charge in [0.1, 0.15) is 5.75 Å². The minimum Gasteiger partial charge on any atom is -0.493 e. The second kappa shape index (κ2) is 5.67. The summed E-state index contributed by atoms with van der Waals surface area (Å²) in [6.07, 6.45) is 1.08. The Hall–Kier alpha value is -1.46. The molecule has 5 heteroatoms. The summed E-state index contributed by atoms with van der Waals surface area (Å²) >= 11 is 0. The first-order valence-corrected chi connectivity index (χ1v) is 6.64. The van der Waals surface area contributed by atoms with Crippen LogP contribution in [0, 0.1) is 5.92 Å². The molecule has 1 aromatic carbocycles. The van der Waals surface area contributed by atoms with Crippen molar-refractivity contribution < 1.29 is 18.9 Å². The Morgan fingerprint density at radius 3 is 2.89 bits per heavy atom. The van der Waals surface area contributed by atoms with Gasteiger partial charge in [-0.15, -0.1) is 0 Å². The molecule has 0 radical (unpaired) electrons. The van der Waals surface area contributed by atoms with Gasteiger partial charge in [-0.1, -0.05) is 0 Å². The van der Waals surface area contributed by atoms with Crippen molar-refractivity contribution in [2.75, 3.05) is 33.7 Å². The lowest BCUT2D eigenvalue weighted by Gasteiger charge is -2.14. The minimum absolute atomic E-state index is 0.286. The van der Waals surface area contributed by atoms with Gasteiger partial charge < -0.3 is 24.3 Å². The number of rotatable bonds is 5. The summed E-state index contributed by atoms with van der Waals surface area (Å²) < 4.78 is 22.1. The Morgan fingerprint density at radius 1 is 1.32 bits per heavy atom. The highest BCUT2D eigenvalue weighted by atomic mass is 16.7. The predicted molar refractivity (Wildman–Crippen MR) is 69.7 cm³/mol. The van der Waals surface area contributed by atoms with Crippen molar-refractivity contribution in [2.24, 2.45) is 5.92 Å². The molecule has 2 aliphatic rings. The van der Waals surface area contributed by atoms with Gasteiger partial charge >= 0.3 is 0 Å². The molecule has 5 nitrogen and oxygen atoms in total. The Kier molecular flexibility index (Phi) is 3.75. The van der Waals surface area contributed by atoms with Crippen LogP contribution >= 0.6 is 0 Å². The van der Waals surface area contributed by atoms with Gasteiger partial charge in [-0.3, -0.25) is 0 Å². The quantitative estimate of drug-likeness (QED) is 0.875. The molecule has 0 bridgehead atoms. The zero-order valence-corrected chi connectivity index (χ0v) is 11.1. The Labute approximate surface area is 112 Å². The summed E-state index contributed by atoms with van der Waals surface area (Å²) in [5.41, 5.74) is 1.09. The molecule has 0 amide bonds. The van der Waals surface area contributed by atoms with E-state index in [-0.39, 0.29) is 6.79 Å². The molecule has 1 fully saturated rings. The summed E-state index contributed by atoms with van der Waals surface area (Å²) in [6, 6.07) is 3.91. The lowest BCUT2D eigenvalue weighted by molar-refractivity contribution is 0.166. The fourth-order valence-electron chi connectivity index (χ4n) is 2.35. The third kappa shape index (κ3) is 2.77. The molecular formula is C14H19NO4. The van der Waals surface area contributed by atoms with Crippen molar-refractivity contribution in [3.05, 3.63) is 17.7 Å². The molecule has 104 valence electrons. The SMILES string of the molecule is CNCc1cc2c(cc1OCC1CCOC1)OCO2. The van der Waals surface area contributed by atoms with E-state index in [1.54, 1.807) is 0 Å². The van der Waals surface area contributed by atoms with Crippen LogP contribution in [0.1, 0.15) is 12.0 Å². The average molecular weight is 265 g/mol. The van der Waals surface area contributed by atoms with E-state index in [9.17, 15) is 0 Å². The van der Waals surface area contributed by atoms with Gasteiger partial charge in [0.2, 0.25) is 6.79 Å². The third-order valence-electron chi connectivity index (χ3n) is 3.42. The van der Waals surface area contributed by atoms with Crippen LogP contribution in [0.2, 0.25) is 0 Å². The molecule has 2 heterocycles. The van der Waals surface area contributed by atoms with Gasteiger partial charge in [-0.05, 0) is 19.5 Å². The van der Waals surface area contributed by atoms with Gasteiger partial charge in [0, 0.05) is 30.7 Å². The van der Waals surface area contributed by atoms with E-state index >= 15 is 0 Å². The molecule has 19 heavy (non-hydrogen) atoms. The monoisotopic (exact) mass is 265 g/mol. The van der Waals surface area contributed by atoms with Crippen LogP contribution in [0.3, 0.4) is 0 Å². The maximum absolute atomic E-state index is 5.94.